The molecule has 1 aromatic carbocycles. The summed E-state index contributed by atoms with van der Waals surface area (Å²) in [4.78, 5) is 0. The van der Waals surface area contributed by atoms with Crippen molar-refractivity contribution in [3.63, 3.8) is 0 Å². The molecule has 0 aliphatic carbocycles. The Kier molecular flexibility index (Phi) is 3.99. The molecule has 11 heteroatoms. The summed E-state index contributed by atoms with van der Waals surface area (Å²) in [7, 11) is 0. The van der Waals surface area contributed by atoms with Gasteiger partial charge in [0.05, 0.1) is 10.6 Å². The van der Waals surface area contributed by atoms with Crippen molar-refractivity contribution in [2.24, 2.45) is 0 Å². The molecule has 3 aromatic rings. The van der Waals surface area contributed by atoms with Gasteiger partial charge in [0.15, 0.2) is 5.65 Å². The smallest absolute Gasteiger partial charge is 0.416 e. The molecule has 5 nitrogen and oxygen atoms in total. The lowest BCUT2D eigenvalue weighted by Crippen LogP contribution is -2.05. The fraction of sp³-hybridized carbons (Fsp3) is 0.154. The Morgan fingerprint density at radius 1 is 1.08 bits per heavy atom. The van der Waals surface area contributed by atoms with Crippen molar-refractivity contribution >= 4 is 17.2 Å². The molecule has 0 spiro atoms. The number of benzene rings is 1. The van der Waals surface area contributed by atoms with Crippen molar-refractivity contribution in [1.82, 2.24) is 19.8 Å². The lowest BCUT2D eigenvalue weighted by atomic mass is 10.2. The molecule has 3 rings (SSSR count). The summed E-state index contributed by atoms with van der Waals surface area (Å²) in [5.41, 5.74) is -0.937. The first-order chi connectivity index (χ1) is 11.3. The predicted octanol–water partition coefficient (Wildman–Crippen LogP) is 4.53. The van der Waals surface area contributed by atoms with Gasteiger partial charge < -0.3 is 4.74 Å². The zero-order valence-electron chi connectivity index (χ0n) is 11.4. The van der Waals surface area contributed by atoms with Crippen molar-refractivity contribution in [1.29, 1.82) is 0 Å². The Balaban J connectivity index is 1.99. The summed E-state index contributed by atoms with van der Waals surface area (Å²) in [6, 6.07) is 5.02. The van der Waals surface area contributed by atoms with E-state index in [4.69, 9.17) is 16.3 Å². The largest absolute Gasteiger partial charge is 0.436 e. The number of hydrogen-bond donors (Lipinski definition) is 0. The van der Waals surface area contributed by atoms with E-state index in [0.717, 1.165) is 16.6 Å². The fourth-order valence-electron chi connectivity index (χ4n) is 1.85. The molecule has 0 aliphatic heterocycles. The van der Waals surface area contributed by atoms with Gasteiger partial charge in [0, 0.05) is 6.07 Å². The highest BCUT2D eigenvalue weighted by atomic mass is 35.5. The Morgan fingerprint density at radius 3 is 2.50 bits per heavy atom. The minimum absolute atomic E-state index is 0.0350. The molecule has 0 unspecified atom stereocenters. The average molecular weight is 365 g/mol. The van der Waals surface area contributed by atoms with Crippen LogP contribution in [0.15, 0.2) is 30.3 Å². The van der Waals surface area contributed by atoms with Crippen LogP contribution in [0.1, 0.15) is 17.8 Å². The number of fused-ring (bicyclic) bond motifs is 1. The van der Waals surface area contributed by atoms with Gasteiger partial charge in [-0.15, -0.1) is 15.3 Å². The maximum absolute atomic E-state index is 12.8. The maximum atomic E-state index is 12.8. The molecule has 0 saturated heterocycles. The predicted molar refractivity (Wildman–Crippen MR) is 72.3 cm³/mol. The minimum Gasteiger partial charge on any atom is -0.436 e. The van der Waals surface area contributed by atoms with Crippen LogP contribution in [-0.4, -0.2) is 19.8 Å². The molecule has 0 N–H and O–H groups in total. The molecule has 0 amide bonds. The number of rotatable bonds is 3. The summed E-state index contributed by atoms with van der Waals surface area (Å²) in [5, 5.41) is 10.4. The number of aromatic nitrogens is 4. The van der Waals surface area contributed by atoms with Crippen molar-refractivity contribution in [2.75, 3.05) is 0 Å². The van der Waals surface area contributed by atoms with Gasteiger partial charge in [-0.25, -0.2) is 8.78 Å². The lowest BCUT2D eigenvalue weighted by molar-refractivity contribution is -0.137. The number of nitrogens with zero attached hydrogens (tertiary/aromatic N) is 4. The highest BCUT2D eigenvalue weighted by Gasteiger charge is 2.31. The summed E-state index contributed by atoms with van der Waals surface area (Å²) < 4.78 is 69.7. The summed E-state index contributed by atoms with van der Waals surface area (Å²) >= 11 is 5.80. The first-order valence-corrected chi connectivity index (χ1v) is 6.68. The third kappa shape index (κ3) is 3.09. The zero-order valence-corrected chi connectivity index (χ0v) is 12.2. The second kappa shape index (κ2) is 5.86. The first kappa shape index (κ1) is 16.4. The van der Waals surface area contributed by atoms with E-state index < -0.39 is 24.0 Å². The topological polar surface area (TPSA) is 52.3 Å². The van der Waals surface area contributed by atoms with Crippen LogP contribution in [-0.2, 0) is 6.18 Å². The molecule has 2 aromatic heterocycles. The molecule has 0 fully saturated rings. The van der Waals surface area contributed by atoms with Gasteiger partial charge in [-0.1, -0.05) is 11.6 Å². The average Bonchev–Trinajstić information content (AvgIpc) is 2.91. The van der Waals surface area contributed by atoms with Gasteiger partial charge in [0.1, 0.15) is 5.75 Å². The zero-order chi connectivity index (χ0) is 17.5. The third-order valence-corrected chi connectivity index (χ3v) is 3.24. The standard InChI is InChI=1S/C13H6ClF5N4O/c14-7-2-1-6(13(17,18)19)5-8(7)24-10-4-3-9-20-21-12(11(15)16)23(9)22-10/h1-5,11H. The molecular formula is C13H6ClF5N4O. The second-order valence-electron chi connectivity index (χ2n) is 4.55. The molecule has 0 atom stereocenters. The van der Waals surface area contributed by atoms with E-state index in [9.17, 15) is 22.0 Å². The molecule has 2 heterocycles. The van der Waals surface area contributed by atoms with Crippen molar-refractivity contribution < 1.29 is 26.7 Å². The fourth-order valence-corrected chi connectivity index (χ4v) is 2.01. The third-order valence-electron chi connectivity index (χ3n) is 2.93. The van der Waals surface area contributed by atoms with E-state index in [0.29, 0.717) is 6.07 Å². The Bertz CT molecular complexity index is 896. The van der Waals surface area contributed by atoms with Crippen molar-refractivity contribution in [3.05, 3.63) is 46.7 Å². The molecular weight excluding hydrogens is 359 g/mol. The second-order valence-corrected chi connectivity index (χ2v) is 4.95. The summed E-state index contributed by atoms with van der Waals surface area (Å²) in [6.45, 7) is 0. The molecule has 0 aliphatic rings. The van der Waals surface area contributed by atoms with Crippen LogP contribution in [0.2, 0.25) is 5.02 Å². The SMILES string of the molecule is FC(F)c1nnc2ccc(Oc3cc(C(F)(F)F)ccc3Cl)nn12. The number of ether oxygens (including phenoxy) is 1. The quantitative estimate of drug-likeness (QED) is 0.641. The highest BCUT2D eigenvalue weighted by Crippen LogP contribution is 2.36. The van der Waals surface area contributed by atoms with Crippen LogP contribution in [0, 0.1) is 0 Å². The van der Waals surface area contributed by atoms with Crippen LogP contribution in [0.3, 0.4) is 0 Å². The van der Waals surface area contributed by atoms with E-state index in [1.807, 2.05) is 0 Å². The monoisotopic (exact) mass is 364 g/mol. The van der Waals surface area contributed by atoms with Crippen LogP contribution >= 0.6 is 11.6 Å². The summed E-state index contributed by atoms with van der Waals surface area (Å²) in [5.74, 6) is -1.28. The number of hydrogen-bond acceptors (Lipinski definition) is 4. The Hall–Kier alpha value is -2.49. The Morgan fingerprint density at radius 2 is 1.83 bits per heavy atom. The molecule has 0 saturated carbocycles. The normalized spacial score (nSPS) is 12.1. The molecule has 126 valence electrons. The van der Waals surface area contributed by atoms with Gasteiger partial charge >= 0.3 is 6.18 Å². The number of halogens is 6. The van der Waals surface area contributed by atoms with Gasteiger partial charge in [-0.3, -0.25) is 0 Å². The van der Waals surface area contributed by atoms with E-state index >= 15 is 0 Å². The van der Waals surface area contributed by atoms with E-state index in [-0.39, 0.29) is 22.3 Å². The summed E-state index contributed by atoms with van der Waals surface area (Å²) in [6.07, 6.45) is -7.52. The molecule has 24 heavy (non-hydrogen) atoms. The van der Waals surface area contributed by atoms with Crippen LogP contribution in [0.5, 0.6) is 11.6 Å². The van der Waals surface area contributed by atoms with Crippen molar-refractivity contribution in [3.8, 4) is 11.6 Å². The highest BCUT2D eigenvalue weighted by molar-refractivity contribution is 6.32. The lowest BCUT2D eigenvalue weighted by Gasteiger charge is -2.11. The Labute approximate surface area is 135 Å². The van der Waals surface area contributed by atoms with E-state index in [1.165, 1.54) is 12.1 Å². The van der Waals surface area contributed by atoms with Crippen LogP contribution in [0.4, 0.5) is 22.0 Å². The van der Waals surface area contributed by atoms with Crippen LogP contribution in [0.25, 0.3) is 5.65 Å². The minimum atomic E-state index is -4.59. The van der Waals surface area contributed by atoms with Crippen LogP contribution < -0.4 is 4.74 Å². The van der Waals surface area contributed by atoms with E-state index in [1.54, 1.807) is 0 Å². The van der Waals surface area contributed by atoms with Gasteiger partial charge in [-0.2, -0.15) is 17.7 Å². The number of alkyl halides is 5. The van der Waals surface area contributed by atoms with Crippen molar-refractivity contribution in [2.45, 2.75) is 12.6 Å². The van der Waals surface area contributed by atoms with E-state index in [2.05, 4.69) is 15.3 Å². The first-order valence-electron chi connectivity index (χ1n) is 6.31. The molecule has 0 radical (unpaired) electrons. The maximum Gasteiger partial charge on any atom is 0.416 e. The van der Waals surface area contributed by atoms with Gasteiger partial charge in [0.25, 0.3) is 6.43 Å². The van der Waals surface area contributed by atoms with Gasteiger partial charge in [0.2, 0.25) is 11.7 Å². The van der Waals surface area contributed by atoms with Gasteiger partial charge in [-0.05, 0) is 24.3 Å². The molecule has 0 bridgehead atoms.